The fourth-order valence-electron chi connectivity index (χ4n) is 3.65. The third-order valence-corrected chi connectivity index (χ3v) is 6.42. The number of amides is 1. The Morgan fingerprint density at radius 1 is 1.19 bits per heavy atom. The molecule has 6 nitrogen and oxygen atoms in total. The summed E-state index contributed by atoms with van der Waals surface area (Å²) in [6.07, 6.45) is 4.13. The van der Waals surface area contributed by atoms with Crippen molar-refractivity contribution in [1.29, 1.82) is 0 Å². The van der Waals surface area contributed by atoms with Crippen LogP contribution in [0.5, 0.6) is 5.75 Å². The first-order chi connectivity index (χ1) is 15.6. The van der Waals surface area contributed by atoms with Crippen molar-refractivity contribution in [2.45, 2.75) is 37.2 Å². The van der Waals surface area contributed by atoms with Crippen LogP contribution in [0.15, 0.2) is 72.1 Å². The van der Waals surface area contributed by atoms with Gasteiger partial charge in [-0.25, -0.2) is 4.98 Å². The number of nitrogens with one attached hydrogen (secondary N) is 1. The van der Waals surface area contributed by atoms with Crippen LogP contribution in [0.25, 0.3) is 11.0 Å². The standard InChI is InChI=1S/C25H26N4O2S/c1-4-22(24(30)27-19-10-7-11-20(14-19)31-3)29-23-15-26-13-12-21(23)28-25(29)32-16-18-9-6-5-8-17(18)2/h5-15,22H,4,16H2,1-3H3,(H,27,30)/t22-/m0/s1. The van der Waals surface area contributed by atoms with Crippen LogP contribution in [0.2, 0.25) is 0 Å². The summed E-state index contributed by atoms with van der Waals surface area (Å²) in [7, 11) is 1.61. The number of aromatic nitrogens is 3. The van der Waals surface area contributed by atoms with E-state index in [4.69, 9.17) is 9.72 Å². The SMILES string of the molecule is CC[C@@H](C(=O)Nc1cccc(OC)c1)n1c(SCc2ccccc2C)nc2ccncc21. The average molecular weight is 447 g/mol. The van der Waals surface area contributed by atoms with Gasteiger partial charge in [-0.15, -0.1) is 0 Å². The van der Waals surface area contributed by atoms with E-state index >= 15 is 0 Å². The summed E-state index contributed by atoms with van der Waals surface area (Å²) < 4.78 is 7.29. The number of hydrogen-bond acceptors (Lipinski definition) is 5. The number of thioether (sulfide) groups is 1. The van der Waals surface area contributed by atoms with Crippen molar-refractivity contribution in [3.8, 4) is 5.75 Å². The van der Waals surface area contributed by atoms with Gasteiger partial charge in [-0.05, 0) is 42.7 Å². The molecule has 1 amide bonds. The van der Waals surface area contributed by atoms with E-state index in [0.29, 0.717) is 17.9 Å². The number of carbonyl (C=O) groups excluding carboxylic acids is 1. The van der Waals surface area contributed by atoms with Crippen LogP contribution in [-0.2, 0) is 10.5 Å². The summed E-state index contributed by atoms with van der Waals surface area (Å²) in [6, 6.07) is 17.2. The Labute approximate surface area is 192 Å². The highest BCUT2D eigenvalue weighted by molar-refractivity contribution is 7.98. The van der Waals surface area contributed by atoms with Crippen molar-refractivity contribution < 1.29 is 9.53 Å². The second-order valence-electron chi connectivity index (χ2n) is 7.49. The molecule has 0 saturated carbocycles. The normalized spacial score (nSPS) is 12.0. The van der Waals surface area contributed by atoms with Crippen LogP contribution in [0.3, 0.4) is 0 Å². The second kappa shape index (κ2) is 9.87. The number of pyridine rings is 1. The molecule has 0 spiro atoms. The van der Waals surface area contributed by atoms with Crippen molar-refractivity contribution in [2.24, 2.45) is 0 Å². The molecule has 2 aromatic carbocycles. The number of imidazole rings is 1. The predicted molar refractivity (Wildman–Crippen MR) is 129 cm³/mol. The molecule has 0 bridgehead atoms. The Morgan fingerprint density at radius 3 is 2.81 bits per heavy atom. The highest BCUT2D eigenvalue weighted by atomic mass is 32.2. The van der Waals surface area contributed by atoms with Crippen LogP contribution >= 0.6 is 11.8 Å². The number of methoxy groups -OCH3 is 1. The zero-order chi connectivity index (χ0) is 22.5. The summed E-state index contributed by atoms with van der Waals surface area (Å²) in [4.78, 5) is 22.4. The van der Waals surface area contributed by atoms with Gasteiger partial charge in [-0.3, -0.25) is 9.78 Å². The maximum atomic E-state index is 13.3. The van der Waals surface area contributed by atoms with E-state index in [1.807, 2.05) is 54.0 Å². The monoisotopic (exact) mass is 446 g/mol. The summed E-state index contributed by atoms with van der Waals surface area (Å²) in [5.74, 6) is 1.38. The summed E-state index contributed by atoms with van der Waals surface area (Å²) in [5.41, 5.74) is 4.88. The largest absolute Gasteiger partial charge is 0.497 e. The molecule has 0 radical (unpaired) electrons. The molecule has 0 saturated heterocycles. The smallest absolute Gasteiger partial charge is 0.247 e. The molecular weight excluding hydrogens is 420 g/mol. The minimum Gasteiger partial charge on any atom is -0.497 e. The van der Waals surface area contributed by atoms with Crippen molar-refractivity contribution in [2.75, 3.05) is 12.4 Å². The van der Waals surface area contributed by atoms with E-state index in [1.165, 1.54) is 11.1 Å². The number of fused-ring (bicyclic) bond motifs is 1. The lowest BCUT2D eigenvalue weighted by Gasteiger charge is -2.20. The van der Waals surface area contributed by atoms with Gasteiger partial charge in [0.15, 0.2) is 5.16 Å². The fraction of sp³-hybridized carbons (Fsp3) is 0.240. The Morgan fingerprint density at radius 2 is 2.03 bits per heavy atom. The van der Waals surface area contributed by atoms with Gasteiger partial charge in [0.25, 0.3) is 0 Å². The van der Waals surface area contributed by atoms with Crippen LogP contribution < -0.4 is 10.1 Å². The fourth-order valence-corrected chi connectivity index (χ4v) is 4.78. The molecule has 4 rings (SSSR count). The number of aryl methyl sites for hydroxylation is 1. The van der Waals surface area contributed by atoms with Gasteiger partial charge < -0.3 is 14.6 Å². The van der Waals surface area contributed by atoms with Gasteiger partial charge in [0.05, 0.1) is 24.3 Å². The Kier molecular flexibility index (Phi) is 6.75. The Bertz CT molecular complexity index is 1240. The lowest BCUT2D eigenvalue weighted by molar-refractivity contribution is -0.119. The number of benzene rings is 2. The Balaban J connectivity index is 1.66. The van der Waals surface area contributed by atoms with Crippen molar-refractivity contribution >= 4 is 34.4 Å². The summed E-state index contributed by atoms with van der Waals surface area (Å²) >= 11 is 1.64. The number of ether oxygens (including phenoxy) is 1. The van der Waals surface area contributed by atoms with E-state index in [1.54, 1.807) is 31.3 Å². The molecule has 0 aliphatic heterocycles. The van der Waals surface area contributed by atoms with Crippen molar-refractivity contribution in [3.63, 3.8) is 0 Å². The van der Waals surface area contributed by atoms with E-state index in [0.717, 1.165) is 21.9 Å². The van der Waals surface area contributed by atoms with Crippen molar-refractivity contribution in [1.82, 2.24) is 14.5 Å². The van der Waals surface area contributed by atoms with E-state index in [9.17, 15) is 4.79 Å². The highest BCUT2D eigenvalue weighted by Crippen LogP contribution is 2.32. The number of carbonyl (C=O) groups is 1. The molecule has 2 heterocycles. The van der Waals surface area contributed by atoms with Gasteiger partial charge in [0, 0.05) is 23.7 Å². The molecular formula is C25H26N4O2S. The molecule has 0 aliphatic rings. The van der Waals surface area contributed by atoms with Crippen LogP contribution in [0.4, 0.5) is 5.69 Å². The van der Waals surface area contributed by atoms with E-state index in [2.05, 4.69) is 29.4 Å². The lowest BCUT2D eigenvalue weighted by Crippen LogP contribution is -2.26. The molecule has 0 aliphatic carbocycles. The van der Waals surface area contributed by atoms with Gasteiger partial charge in [0.1, 0.15) is 11.8 Å². The molecule has 4 aromatic rings. The van der Waals surface area contributed by atoms with Gasteiger partial charge in [-0.2, -0.15) is 0 Å². The maximum Gasteiger partial charge on any atom is 0.247 e. The lowest BCUT2D eigenvalue weighted by atomic mass is 10.1. The maximum absolute atomic E-state index is 13.3. The van der Waals surface area contributed by atoms with Crippen LogP contribution in [0, 0.1) is 6.92 Å². The zero-order valence-corrected chi connectivity index (χ0v) is 19.2. The number of hydrogen-bond donors (Lipinski definition) is 1. The minimum atomic E-state index is -0.422. The molecule has 1 atom stereocenters. The van der Waals surface area contributed by atoms with Crippen LogP contribution in [-0.4, -0.2) is 27.6 Å². The minimum absolute atomic E-state index is 0.0957. The first-order valence-corrected chi connectivity index (χ1v) is 11.5. The zero-order valence-electron chi connectivity index (χ0n) is 18.4. The first-order valence-electron chi connectivity index (χ1n) is 10.5. The molecule has 0 unspecified atom stereocenters. The number of rotatable bonds is 8. The first kappa shape index (κ1) is 21.9. The number of anilines is 1. The van der Waals surface area contributed by atoms with Crippen molar-refractivity contribution in [3.05, 3.63) is 78.1 Å². The molecule has 1 N–H and O–H groups in total. The predicted octanol–water partition coefficient (Wildman–Crippen LogP) is 5.63. The van der Waals surface area contributed by atoms with Crippen LogP contribution in [0.1, 0.15) is 30.5 Å². The van der Waals surface area contributed by atoms with E-state index in [-0.39, 0.29) is 5.91 Å². The van der Waals surface area contributed by atoms with Gasteiger partial charge >= 0.3 is 0 Å². The van der Waals surface area contributed by atoms with Gasteiger partial charge in [0.2, 0.25) is 5.91 Å². The van der Waals surface area contributed by atoms with Gasteiger partial charge in [-0.1, -0.05) is 49.0 Å². The topological polar surface area (TPSA) is 69.0 Å². The average Bonchev–Trinajstić information content (AvgIpc) is 3.17. The molecule has 7 heteroatoms. The molecule has 0 fully saturated rings. The Hall–Kier alpha value is -3.32. The third-order valence-electron chi connectivity index (χ3n) is 5.42. The molecule has 2 aromatic heterocycles. The summed E-state index contributed by atoms with van der Waals surface area (Å²) in [6.45, 7) is 4.12. The number of nitrogens with zero attached hydrogens (tertiary/aromatic N) is 3. The molecule has 164 valence electrons. The third kappa shape index (κ3) is 4.62. The second-order valence-corrected chi connectivity index (χ2v) is 8.43. The summed E-state index contributed by atoms with van der Waals surface area (Å²) in [5, 5.41) is 3.84. The molecule has 32 heavy (non-hydrogen) atoms. The highest BCUT2D eigenvalue weighted by Gasteiger charge is 2.25. The quantitative estimate of drug-likeness (QED) is 0.355. The van der Waals surface area contributed by atoms with E-state index < -0.39 is 6.04 Å².